The van der Waals surface area contributed by atoms with Gasteiger partial charge in [-0.25, -0.2) is 9.18 Å². The summed E-state index contributed by atoms with van der Waals surface area (Å²) in [7, 11) is 1.14. The van der Waals surface area contributed by atoms with Gasteiger partial charge in [0.2, 0.25) is 0 Å². The van der Waals surface area contributed by atoms with Crippen LogP contribution in [-0.2, 0) is 10.2 Å². The van der Waals surface area contributed by atoms with Crippen LogP contribution in [0.5, 0.6) is 5.75 Å². The summed E-state index contributed by atoms with van der Waals surface area (Å²) in [6, 6.07) is 2.77. The molecule has 0 aromatic heterocycles. The van der Waals surface area contributed by atoms with E-state index >= 15 is 0 Å². The summed E-state index contributed by atoms with van der Waals surface area (Å²) in [5.41, 5.74) is -0.485. The predicted octanol–water partition coefficient (Wildman–Crippen LogP) is 2.62. The topological polar surface area (TPSA) is 46.5 Å². The molecule has 0 radical (unpaired) electrons. The normalized spacial score (nSPS) is 11.3. The van der Waals surface area contributed by atoms with Crippen molar-refractivity contribution in [1.82, 2.24) is 0 Å². The Kier molecular flexibility index (Phi) is 3.21. The first kappa shape index (κ1) is 12.5. The summed E-state index contributed by atoms with van der Waals surface area (Å²) in [4.78, 5) is 11.3. The van der Waals surface area contributed by atoms with Gasteiger partial charge in [-0.3, -0.25) is 0 Å². The lowest BCUT2D eigenvalue weighted by Crippen LogP contribution is -2.17. The summed E-state index contributed by atoms with van der Waals surface area (Å²) in [5, 5.41) is 9.44. The van der Waals surface area contributed by atoms with Gasteiger partial charge in [0.05, 0.1) is 7.11 Å². The highest BCUT2D eigenvalue weighted by Crippen LogP contribution is 2.31. The first-order valence-electron chi connectivity index (χ1n) is 4.89. The van der Waals surface area contributed by atoms with E-state index in [0.29, 0.717) is 5.56 Å². The molecule has 1 aromatic rings. The number of halogens is 1. The lowest BCUT2D eigenvalue weighted by molar-refractivity contribution is 0.0591. The Labute approximate surface area is 93.9 Å². The second-order valence-electron chi connectivity index (χ2n) is 4.56. The molecule has 0 bridgehead atoms. The number of carbonyl (C=O) groups excluding carboxylic acids is 1. The number of rotatable bonds is 1. The molecule has 0 saturated carbocycles. The van der Waals surface area contributed by atoms with Crippen molar-refractivity contribution in [2.24, 2.45) is 0 Å². The molecule has 0 unspecified atom stereocenters. The highest BCUT2D eigenvalue weighted by molar-refractivity contribution is 5.93. The van der Waals surface area contributed by atoms with Crippen molar-refractivity contribution in [3.8, 4) is 5.75 Å². The smallest absolute Gasteiger partial charge is 0.344 e. The van der Waals surface area contributed by atoms with Crippen molar-refractivity contribution in [1.29, 1.82) is 0 Å². The SMILES string of the molecule is COC(=O)c1c(O)ccc(C(C)(C)C)c1F. The minimum absolute atomic E-state index is 0.366. The van der Waals surface area contributed by atoms with Crippen LogP contribution in [0.1, 0.15) is 36.7 Å². The molecule has 0 spiro atoms. The summed E-state index contributed by atoms with van der Waals surface area (Å²) in [5.74, 6) is -2.00. The molecule has 0 aliphatic heterocycles. The van der Waals surface area contributed by atoms with Gasteiger partial charge in [-0.1, -0.05) is 26.8 Å². The number of hydrogen-bond acceptors (Lipinski definition) is 3. The molecule has 0 amide bonds. The zero-order valence-corrected chi connectivity index (χ0v) is 9.80. The third kappa shape index (κ3) is 2.15. The summed E-state index contributed by atoms with van der Waals surface area (Å²) in [6.07, 6.45) is 0. The summed E-state index contributed by atoms with van der Waals surface area (Å²) in [6.45, 7) is 5.47. The van der Waals surface area contributed by atoms with E-state index in [4.69, 9.17) is 0 Å². The van der Waals surface area contributed by atoms with Gasteiger partial charge in [-0.15, -0.1) is 0 Å². The summed E-state index contributed by atoms with van der Waals surface area (Å²) >= 11 is 0. The second-order valence-corrected chi connectivity index (χ2v) is 4.56. The largest absolute Gasteiger partial charge is 0.507 e. The zero-order chi connectivity index (χ0) is 12.5. The van der Waals surface area contributed by atoms with Crippen molar-refractivity contribution in [3.05, 3.63) is 29.1 Å². The van der Waals surface area contributed by atoms with Crippen LogP contribution in [0.4, 0.5) is 4.39 Å². The van der Waals surface area contributed by atoms with E-state index < -0.39 is 28.5 Å². The Morgan fingerprint density at radius 3 is 2.38 bits per heavy atom. The van der Waals surface area contributed by atoms with Crippen LogP contribution in [0.15, 0.2) is 12.1 Å². The minimum atomic E-state index is -0.874. The molecule has 0 aliphatic rings. The molecule has 0 heterocycles. The standard InChI is InChI=1S/C12H15FO3/c1-12(2,3)7-5-6-8(14)9(10(7)13)11(15)16-4/h5-6,14H,1-4H3. The molecule has 0 fully saturated rings. The van der Waals surface area contributed by atoms with E-state index in [-0.39, 0.29) is 0 Å². The first-order valence-corrected chi connectivity index (χ1v) is 4.89. The van der Waals surface area contributed by atoms with Crippen molar-refractivity contribution < 1.29 is 19.0 Å². The number of aromatic hydroxyl groups is 1. The molecule has 0 saturated heterocycles. The molecule has 1 rings (SSSR count). The lowest BCUT2D eigenvalue weighted by atomic mass is 9.85. The number of hydrogen-bond donors (Lipinski definition) is 1. The van der Waals surface area contributed by atoms with E-state index in [1.807, 2.05) is 20.8 Å². The van der Waals surface area contributed by atoms with Crippen LogP contribution in [0.3, 0.4) is 0 Å². The Morgan fingerprint density at radius 2 is 1.94 bits per heavy atom. The van der Waals surface area contributed by atoms with E-state index in [1.165, 1.54) is 12.1 Å². The van der Waals surface area contributed by atoms with E-state index in [9.17, 15) is 14.3 Å². The van der Waals surface area contributed by atoms with Crippen LogP contribution in [-0.4, -0.2) is 18.2 Å². The number of phenols is 1. The molecule has 0 aliphatic carbocycles. The van der Waals surface area contributed by atoms with E-state index in [1.54, 1.807) is 0 Å². The number of methoxy groups -OCH3 is 1. The quantitative estimate of drug-likeness (QED) is 0.749. The third-order valence-electron chi connectivity index (χ3n) is 2.32. The second kappa shape index (κ2) is 4.12. The number of ether oxygens (including phenoxy) is 1. The Hall–Kier alpha value is -1.58. The fraction of sp³-hybridized carbons (Fsp3) is 0.417. The monoisotopic (exact) mass is 226 g/mol. The Balaban J connectivity index is 3.45. The molecule has 1 N–H and O–H groups in total. The van der Waals surface area contributed by atoms with Gasteiger partial charge in [0.15, 0.2) is 0 Å². The highest BCUT2D eigenvalue weighted by atomic mass is 19.1. The number of carbonyl (C=O) groups is 1. The van der Waals surface area contributed by atoms with Crippen molar-refractivity contribution in [2.75, 3.05) is 7.11 Å². The molecule has 3 nitrogen and oxygen atoms in total. The predicted molar refractivity (Wildman–Crippen MR) is 58.1 cm³/mol. The maximum absolute atomic E-state index is 14.0. The summed E-state index contributed by atoms with van der Waals surface area (Å²) < 4.78 is 18.4. The molecule has 0 atom stereocenters. The fourth-order valence-corrected chi connectivity index (χ4v) is 1.44. The molecule has 88 valence electrons. The van der Waals surface area contributed by atoms with Crippen molar-refractivity contribution in [2.45, 2.75) is 26.2 Å². The van der Waals surface area contributed by atoms with Gasteiger partial charge < -0.3 is 9.84 Å². The third-order valence-corrected chi connectivity index (χ3v) is 2.32. The minimum Gasteiger partial charge on any atom is -0.507 e. The lowest BCUT2D eigenvalue weighted by Gasteiger charge is -2.21. The van der Waals surface area contributed by atoms with Crippen LogP contribution in [0.25, 0.3) is 0 Å². The highest BCUT2D eigenvalue weighted by Gasteiger charge is 2.26. The average molecular weight is 226 g/mol. The van der Waals surface area contributed by atoms with Crippen LogP contribution >= 0.6 is 0 Å². The zero-order valence-electron chi connectivity index (χ0n) is 9.80. The maximum Gasteiger partial charge on any atom is 0.344 e. The number of phenolic OH excluding ortho intramolecular Hbond substituents is 1. The van der Waals surface area contributed by atoms with Gasteiger partial charge in [-0.05, 0) is 17.0 Å². The fourth-order valence-electron chi connectivity index (χ4n) is 1.44. The van der Waals surface area contributed by atoms with E-state index in [0.717, 1.165) is 7.11 Å². The van der Waals surface area contributed by atoms with Gasteiger partial charge in [0.25, 0.3) is 0 Å². The number of esters is 1. The maximum atomic E-state index is 14.0. The molecular weight excluding hydrogens is 211 g/mol. The van der Waals surface area contributed by atoms with Gasteiger partial charge in [0.1, 0.15) is 17.1 Å². The van der Waals surface area contributed by atoms with Gasteiger partial charge >= 0.3 is 5.97 Å². The van der Waals surface area contributed by atoms with Gasteiger partial charge in [0, 0.05) is 0 Å². The van der Waals surface area contributed by atoms with Crippen molar-refractivity contribution in [3.63, 3.8) is 0 Å². The molecule has 1 aromatic carbocycles. The number of benzene rings is 1. The Morgan fingerprint density at radius 1 is 1.38 bits per heavy atom. The van der Waals surface area contributed by atoms with Crippen LogP contribution in [0, 0.1) is 5.82 Å². The van der Waals surface area contributed by atoms with Crippen molar-refractivity contribution >= 4 is 5.97 Å². The van der Waals surface area contributed by atoms with E-state index in [2.05, 4.69) is 4.74 Å². The molecule has 16 heavy (non-hydrogen) atoms. The first-order chi connectivity index (χ1) is 7.29. The van der Waals surface area contributed by atoms with Gasteiger partial charge in [-0.2, -0.15) is 0 Å². The van der Waals surface area contributed by atoms with Crippen LogP contribution < -0.4 is 0 Å². The Bertz CT molecular complexity index is 419. The molecule has 4 heteroatoms. The average Bonchev–Trinajstić information content (AvgIpc) is 2.15. The van der Waals surface area contributed by atoms with Crippen LogP contribution in [0.2, 0.25) is 0 Å². The molecular formula is C12H15FO3.